The Balaban J connectivity index is 1.81. The molecule has 0 heterocycles. The van der Waals surface area contributed by atoms with Crippen LogP contribution in [0.4, 0.5) is 0 Å². The van der Waals surface area contributed by atoms with E-state index < -0.39 is 11.9 Å². The van der Waals surface area contributed by atoms with Gasteiger partial charge in [-0.3, -0.25) is 9.59 Å². The van der Waals surface area contributed by atoms with E-state index in [0.29, 0.717) is 0 Å². The molecule has 0 amide bonds. The van der Waals surface area contributed by atoms with E-state index >= 15 is 0 Å². The van der Waals surface area contributed by atoms with Gasteiger partial charge in [-0.2, -0.15) is 0 Å². The van der Waals surface area contributed by atoms with Crippen molar-refractivity contribution in [2.75, 3.05) is 0 Å². The lowest BCUT2D eigenvalue weighted by Crippen LogP contribution is -2.14. The minimum absolute atomic E-state index is 0.114. The molecule has 6 heteroatoms. The van der Waals surface area contributed by atoms with Gasteiger partial charge in [-0.15, -0.1) is 0 Å². The average molecular weight is 402 g/mol. The van der Waals surface area contributed by atoms with E-state index in [1.54, 1.807) is 36.4 Å². The Labute approximate surface area is 173 Å². The first-order valence-electron chi connectivity index (χ1n) is 9.11. The summed E-state index contributed by atoms with van der Waals surface area (Å²) < 4.78 is 10.7. The molecule has 0 atom stereocenters. The van der Waals surface area contributed by atoms with E-state index in [-0.39, 0.29) is 45.3 Å². The quantitative estimate of drug-likeness (QED) is 0.342. The van der Waals surface area contributed by atoms with Crippen LogP contribution in [0.2, 0.25) is 0 Å². The highest BCUT2D eigenvalue weighted by Gasteiger charge is 2.18. The second-order valence-corrected chi connectivity index (χ2v) is 6.46. The van der Waals surface area contributed by atoms with Gasteiger partial charge in [-0.25, -0.2) is 9.59 Å². The first-order chi connectivity index (χ1) is 14.4. The van der Waals surface area contributed by atoms with Crippen LogP contribution >= 0.6 is 0 Å². The summed E-state index contributed by atoms with van der Waals surface area (Å²) in [6.07, 6.45) is 0. The molecule has 3 aromatic carbocycles. The summed E-state index contributed by atoms with van der Waals surface area (Å²) in [5.41, 5.74) is 0.787. The Morgan fingerprint density at radius 3 is 1.37 bits per heavy atom. The van der Waals surface area contributed by atoms with Gasteiger partial charge in [0.2, 0.25) is 0 Å². The van der Waals surface area contributed by atoms with Crippen LogP contribution in [0.15, 0.2) is 72.8 Å². The molecule has 0 saturated heterocycles. The first kappa shape index (κ1) is 20.7. The number of esters is 2. The Morgan fingerprint density at radius 2 is 0.967 bits per heavy atom. The third-order valence-electron chi connectivity index (χ3n) is 4.27. The van der Waals surface area contributed by atoms with Gasteiger partial charge in [-0.1, -0.05) is 30.3 Å². The number of carbonyl (C=O) groups excluding carboxylic acids is 4. The molecule has 3 rings (SSSR count). The van der Waals surface area contributed by atoms with Gasteiger partial charge >= 0.3 is 11.9 Å². The first-order valence-corrected chi connectivity index (χ1v) is 9.11. The average Bonchev–Trinajstić information content (AvgIpc) is 2.74. The van der Waals surface area contributed by atoms with Gasteiger partial charge in [-0.05, 0) is 56.3 Å². The number of ether oxygens (including phenoxy) is 2. The van der Waals surface area contributed by atoms with Crippen LogP contribution in [-0.2, 0) is 0 Å². The second kappa shape index (κ2) is 8.96. The monoisotopic (exact) mass is 402 g/mol. The summed E-state index contributed by atoms with van der Waals surface area (Å²) in [5.74, 6) is -1.64. The van der Waals surface area contributed by atoms with Crippen molar-refractivity contribution in [3.8, 4) is 11.5 Å². The summed E-state index contributed by atoms with van der Waals surface area (Å²) in [4.78, 5) is 48.5. The van der Waals surface area contributed by atoms with Crippen molar-refractivity contribution in [3.63, 3.8) is 0 Å². The van der Waals surface area contributed by atoms with Crippen LogP contribution in [0.25, 0.3) is 0 Å². The zero-order chi connectivity index (χ0) is 21.7. The van der Waals surface area contributed by atoms with Crippen molar-refractivity contribution in [2.24, 2.45) is 0 Å². The van der Waals surface area contributed by atoms with E-state index in [4.69, 9.17) is 9.47 Å². The molecule has 0 fully saturated rings. The highest BCUT2D eigenvalue weighted by Crippen LogP contribution is 2.22. The Morgan fingerprint density at radius 1 is 0.567 bits per heavy atom. The zero-order valence-corrected chi connectivity index (χ0v) is 16.4. The number of carbonyl (C=O) groups is 4. The molecular formula is C24H18O6. The normalized spacial score (nSPS) is 10.2. The standard InChI is InChI=1S/C24H18O6/c1-15(25)19-10-3-5-12-21(19)29-23(27)17-8-7-9-18(14-17)24(28)30-22-13-6-4-11-20(22)16(2)26/h3-14H,1-2H3. The van der Waals surface area contributed by atoms with Crippen molar-refractivity contribution in [2.45, 2.75) is 13.8 Å². The maximum atomic E-state index is 12.5. The molecule has 0 radical (unpaired) electrons. The Bertz CT molecular complexity index is 1060. The lowest BCUT2D eigenvalue weighted by molar-refractivity contribution is 0.0731. The fourth-order valence-electron chi connectivity index (χ4n) is 2.78. The van der Waals surface area contributed by atoms with E-state index in [1.807, 2.05) is 0 Å². The van der Waals surface area contributed by atoms with E-state index in [0.717, 1.165) is 0 Å². The van der Waals surface area contributed by atoms with Crippen LogP contribution in [0.3, 0.4) is 0 Å². The number of hydrogen-bond acceptors (Lipinski definition) is 6. The van der Waals surface area contributed by atoms with Gasteiger partial charge in [0.25, 0.3) is 0 Å². The summed E-state index contributed by atoms with van der Waals surface area (Å²) in [7, 11) is 0. The molecule has 0 aliphatic heterocycles. The minimum Gasteiger partial charge on any atom is -0.422 e. The fraction of sp³-hybridized carbons (Fsp3) is 0.0833. The maximum Gasteiger partial charge on any atom is 0.343 e. The van der Waals surface area contributed by atoms with Gasteiger partial charge in [0.05, 0.1) is 22.3 Å². The second-order valence-electron chi connectivity index (χ2n) is 6.46. The molecule has 0 aliphatic rings. The van der Waals surface area contributed by atoms with Crippen molar-refractivity contribution >= 4 is 23.5 Å². The number of hydrogen-bond donors (Lipinski definition) is 0. The number of benzene rings is 3. The van der Waals surface area contributed by atoms with Gasteiger partial charge in [0, 0.05) is 0 Å². The van der Waals surface area contributed by atoms with Crippen LogP contribution in [-0.4, -0.2) is 23.5 Å². The molecule has 0 aliphatic carbocycles. The predicted octanol–water partition coefficient (Wildman–Crippen LogP) is 4.53. The highest BCUT2D eigenvalue weighted by molar-refractivity contribution is 6.01. The van der Waals surface area contributed by atoms with Crippen LogP contribution < -0.4 is 9.47 Å². The molecule has 0 unspecified atom stereocenters. The SMILES string of the molecule is CC(=O)c1ccccc1OC(=O)c1cccc(C(=O)Oc2ccccc2C(C)=O)c1. The molecule has 0 saturated carbocycles. The summed E-state index contributed by atoms with van der Waals surface area (Å²) >= 11 is 0. The number of para-hydroxylation sites is 2. The summed E-state index contributed by atoms with van der Waals surface area (Å²) in [6.45, 7) is 2.75. The number of Topliss-reactive ketones (excluding diaryl/α,β-unsaturated/α-hetero) is 2. The van der Waals surface area contributed by atoms with E-state index in [2.05, 4.69) is 0 Å². The smallest absolute Gasteiger partial charge is 0.343 e. The van der Waals surface area contributed by atoms with E-state index in [9.17, 15) is 19.2 Å². The minimum atomic E-state index is -0.720. The fourth-order valence-corrected chi connectivity index (χ4v) is 2.78. The van der Waals surface area contributed by atoms with Gasteiger partial charge in [0.1, 0.15) is 11.5 Å². The topological polar surface area (TPSA) is 86.7 Å². The predicted molar refractivity (Wildman–Crippen MR) is 109 cm³/mol. The Kier molecular flexibility index (Phi) is 6.17. The van der Waals surface area contributed by atoms with Crippen LogP contribution in [0.1, 0.15) is 55.3 Å². The molecule has 0 spiro atoms. The largest absolute Gasteiger partial charge is 0.422 e. The van der Waals surface area contributed by atoms with Gasteiger partial charge in [0.15, 0.2) is 11.6 Å². The molecule has 0 N–H and O–H groups in total. The highest BCUT2D eigenvalue weighted by atomic mass is 16.5. The van der Waals surface area contributed by atoms with Gasteiger partial charge < -0.3 is 9.47 Å². The summed E-state index contributed by atoms with van der Waals surface area (Å²) in [5, 5.41) is 0. The van der Waals surface area contributed by atoms with Crippen LogP contribution in [0.5, 0.6) is 11.5 Å². The lowest BCUT2D eigenvalue weighted by Gasteiger charge is -2.10. The maximum absolute atomic E-state index is 12.5. The third-order valence-corrected chi connectivity index (χ3v) is 4.27. The Hall–Kier alpha value is -4.06. The third kappa shape index (κ3) is 4.67. The zero-order valence-electron chi connectivity index (χ0n) is 16.4. The van der Waals surface area contributed by atoms with Crippen molar-refractivity contribution in [3.05, 3.63) is 95.1 Å². The van der Waals surface area contributed by atoms with E-state index in [1.165, 1.54) is 50.2 Å². The van der Waals surface area contributed by atoms with Crippen LogP contribution in [0, 0.1) is 0 Å². The van der Waals surface area contributed by atoms with Crippen molar-refractivity contribution in [1.29, 1.82) is 0 Å². The molecule has 0 aromatic heterocycles. The number of rotatable bonds is 6. The molecule has 30 heavy (non-hydrogen) atoms. The van der Waals surface area contributed by atoms with Crippen molar-refractivity contribution in [1.82, 2.24) is 0 Å². The van der Waals surface area contributed by atoms with Crippen molar-refractivity contribution < 1.29 is 28.7 Å². The lowest BCUT2D eigenvalue weighted by atomic mass is 10.1. The molecule has 150 valence electrons. The molecular weight excluding hydrogens is 384 g/mol. The summed E-state index contributed by atoms with van der Waals surface area (Å²) in [6, 6.07) is 18.6. The molecule has 0 bridgehead atoms. The molecule has 6 nitrogen and oxygen atoms in total. The number of ketones is 2. The molecule has 3 aromatic rings.